The summed E-state index contributed by atoms with van der Waals surface area (Å²) >= 11 is 13.3. The van der Waals surface area contributed by atoms with Crippen molar-refractivity contribution in [1.29, 1.82) is 0 Å². The number of carbonyl (C=O) groups excluding carboxylic acids is 1. The summed E-state index contributed by atoms with van der Waals surface area (Å²) in [7, 11) is 1.83. The van der Waals surface area contributed by atoms with E-state index in [9.17, 15) is 4.79 Å². The van der Waals surface area contributed by atoms with Crippen molar-refractivity contribution in [3.05, 3.63) is 33.3 Å². The van der Waals surface area contributed by atoms with Crippen molar-refractivity contribution in [3.63, 3.8) is 0 Å². The predicted octanol–water partition coefficient (Wildman–Crippen LogP) is 3.80. The van der Waals surface area contributed by atoms with Crippen LogP contribution in [0.5, 0.6) is 0 Å². The number of nitrogens with zero attached hydrogens (tertiary/aromatic N) is 3. The van der Waals surface area contributed by atoms with Gasteiger partial charge in [-0.3, -0.25) is 4.79 Å². The minimum Gasteiger partial charge on any atom is -0.340 e. The number of anilines is 2. The van der Waals surface area contributed by atoms with E-state index in [1.165, 1.54) is 12.8 Å². The van der Waals surface area contributed by atoms with Crippen molar-refractivity contribution >= 4 is 51.3 Å². The van der Waals surface area contributed by atoms with Gasteiger partial charge in [-0.25, -0.2) is 0 Å². The van der Waals surface area contributed by atoms with E-state index in [2.05, 4.69) is 15.5 Å². The van der Waals surface area contributed by atoms with E-state index >= 15 is 0 Å². The van der Waals surface area contributed by atoms with E-state index in [0.717, 1.165) is 10.1 Å². The molecule has 1 aliphatic carbocycles. The molecule has 3 rings (SSSR count). The lowest BCUT2D eigenvalue weighted by Crippen LogP contribution is -2.30. The molecule has 116 valence electrons. The third-order valence-corrected chi connectivity index (χ3v) is 5.21. The van der Waals surface area contributed by atoms with Crippen LogP contribution in [0.2, 0.25) is 10.0 Å². The summed E-state index contributed by atoms with van der Waals surface area (Å²) in [4.78, 5) is 13.9. The molecule has 1 fully saturated rings. The van der Waals surface area contributed by atoms with Crippen LogP contribution in [0.3, 0.4) is 0 Å². The van der Waals surface area contributed by atoms with Crippen molar-refractivity contribution in [1.82, 2.24) is 10.2 Å². The number of amides is 1. The highest BCUT2D eigenvalue weighted by Gasteiger charge is 2.28. The van der Waals surface area contributed by atoms with Gasteiger partial charge in [-0.2, -0.15) is 0 Å². The zero-order valence-electron chi connectivity index (χ0n) is 11.8. The van der Waals surface area contributed by atoms with Crippen LogP contribution < -0.4 is 10.2 Å². The van der Waals surface area contributed by atoms with Crippen LogP contribution in [0, 0.1) is 0 Å². The van der Waals surface area contributed by atoms with Crippen molar-refractivity contribution in [2.24, 2.45) is 0 Å². The Morgan fingerprint density at radius 2 is 2.14 bits per heavy atom. The first-order valence-electron chi connectivity index (χ1n) is 6.82. The van der Waals surface area contributed by atoms with Crippen LogP contribution in [0.15, 0.2) is 18.2 Å². The minimum atomic E-state index is -0.149. The highest BCUT2D eigenvalue weighted by Crippen LogP contribution is 2.42. The Hall–Kier alpha value is -1.37. The zero-order valence-corrected chi connectivity index (χ0v) is 14.2. The Kier molecular flexibility index (Phi) is 4.52. The van der Waals surface area contributed by atoms with Crippen molar-refractivity contribution in [2.75, 3.05) is 23.8 Å². The first kappa shape index (κ1) is 15.5. The number of aromatic nitrogens is 2. The summed E-state index contributed by atoms with van der Waals surface area (Å²) in [5.74, 6) is 0.425. The van der Waals surface area contributed by atoms with E-state index in [1.807, 2.05) is 7.05 Å². The molecule has 22 heavy (non-hydrogen) atoms. The number of benzene rings is 1. The summed E-state index contributed by atoms with van der Waals surface area (Å²) in [5.41, 5.74) is 0.615. The van der Waals surface area contributed by atoms with Crippen LogP contribution in [0.4, 0.5) is 10.8 Å². The monoisotopic (exact) mass is 356 g/mol. The molecule has 1 saturated carbocycles. The molecule has 5 nitrogen and oxygen atoms in total. The second-order valence-electron chi connectivity index (χ2n) is 5.23. The number of hydrogen-bond acceptors (Lipinski definition) is 5. The second kappa shape index (κ2) is 6.40. The Bertz CT molecular complexity index is 702. The smallest absolute Gasteiger partial charge is 0.243 e. The highest BCUT2D eigenvalue weighted by atomic mass is 35.5. The molecule has 0 unspecified atom stereocenters. The Morgan fingerprint density at radius 1 is 1.36 bits per heavy atom. The topological polar surface area (TPSA) is 58.1 Å². The molecule has 0 radical (unpaired) electrons. The summed E-state index contributed by atoms with van der Waals surface area (Å²) in [5, 5.41) is 13.8. The normalized spacial score (nSPS) is 14.0. The third-order valence-electron chi connectivity index (χ3n) is 3.27. The highest BCUT2D eigenvalue weighted by molar-refractivity contribution is 7.15. The van der Waals surface area contributed by atoms with E-state index in [0.29, 0.717) is 21.7 Å². The third kappa shape index (κ3) is 3.69. The molecule has 1 aromatic heterocycles. The van der Waals surface area contributed by atoms with Crippen LogP contribution in [0.25, 0.3) is 0 Å². The molecule has 0 atom stereocenters. The number of halogens is 2. The van der Waals surface area contributed by atoms with E-state index in [-0.39, 0.29) is 12.5 Å². The Balaban J connectivity index is 1.58. The van der Waals surface area contributed by atoms with Crippen molar-refractivity contribution < 1.29 is 4.79 Å². The summed E-state index contributed by atoms with van der Waals surface area (Å²) < 4.78 is 0. The molecule has 1 amide bonds. The molecule has 2 aromatic rings. The summed E-state index contributed by atoms with van der Waals surface area (Å²) in [6, 6.07) is 4.98. The van der Waals surface area contributed by atoms with Gasteiger partial charge in [0, 0.05) is 18.7 Å². The number of hydrogen-bond donors (Lipinski definition) is 1. The maximum absolute atomic E-state index is 12.1. The van der Waals surface area contributed by atoms with Crippen LogP contribution in [-0.4, -0.2) is 29.7 Å². The first-order chi connectivity index (χ1) is 10.5. The van der Waals surface area contributed by atoms with Gasteiger partial charge >= 0.3 is 0 Å². The standard InChI is InChI=1S/C14H14Cl2N4OS/c1-20(14-19-18-13(22-14)8-2-3-8)7-12(21)17-9-4-5-10(15)11(16)6-9/h4-6,8H,2-3,7H2,1H3,(H,17,21). The fourth-order valence-electron chi connectivity index (χ4n) is 1.93. The van der Waals surface area contributed by atoms with Gasteiger partial charge in [-0.15, -0.1) is 10.2 Å². The molecule has 0 aliphatic heterocycles. The molecule has 8 heteroatoms. The largest absolute Gasteiger partial charge is 0.340 e. The first-order valence-corrected chi connectivity index (χ1v) is 8.39. The number of carbonyl (C=O) groups is 1. The molecule has 1 aromatic carbocycles. The average Bonchev–Trinajstić information content (AvgIpc) is 3.20. The van der Waals surface area contributed by atoms with Crippen LogP contribution in [0.1, 0.15) is 23.8 Å². The summed E-state index contributed by atoms with van der Waals surface area (Å²) in [6.45, 7) is 0.194. The van der Waals surface area contributed by atoms with E-state index in [1.54, 1.807) is 34.4 Å². The number of rotatable bonds is 5. The Labute approximate surface area is 142 Å². The van der Waals surface area contributed by atoms with Crippen LogP contribution in [-0.2, 0) is 4.79 Å². The van der Waals surface area contributed by atoms with Gasteiger partial charge in [0.25, 0.3) is 0 Å². The lowest BCUT2D eigenvalue weighted by Gasteiger charge is -2.14. The number of likely N-dealkylation sites (N-methyl/N-ethyl adjacent to an activating group) is 1. The van der Waals surface area contributed by atoms with Gasteiger partial charge in [0.2, 0.25) is 11.0 Å². The fraction of sp³-hybridized carbons (Fsp3) is 0.357. The van der Waals surface area contributed by atoms with Gasteiger partial charge in [0.15, 0.2) is 0 Å². The molecule has 0 bridgehead atoms. The number of nitrogens with one attached hydrogen (secondary N) is 1. The molecule has 0 saturated heterocycles. The zero-order chi connectivity index (χ0) is 15.7. The lowest BCUT2D eigenvalue weighted by molar-refractivity contribution is -0.114. The average molecular weight is 357 g/mol. The van der Waals surface area contributed by atoms with Gasteiger partial charge < -0.3 is 10.2 Å². The van der Waals surface area contributed by atoms with Gasteiger partial charge in [0.05, 0.1) is 16.6 Å². The molecular formula is C14H14Cl2N4OS. The quantitative estimate of drug-likeness (QED) is 0.884. The maximum Gasteiger partial charge on any atom is 0.243 e. The maximum atomic E-state index is 12.1. The fourth-order valence-corrected chi connectivity index (χ4v) is 3.20. The predicted molar refractivity (Wildman–Crippen MR) is 90.2 cm³/mol. The summed E-state index contributed by atoms with van der Waals surface area (Å²) in [6.07, 6.45) is 2.38. The van der Waals surface area contributed by atoms with Gasteiger partial charge in [0.1, 0.15) is 5.01 Å². The molecule has 1 heterocycles. The Morgan fingerprint density at radius 3 is 2.82 bits per heavy atom. The molecule has 0 spiro atoms. The van der Waals surface area contributed by atoms with E-state index < -0.39 is 0 Å². The molecule has 1 N–H and O–H groups in total. The molecular weight excluding hydrogens is 343 g/mol. The SMILES string of the molecule is CN(CC(=O)Nc1ccc(Cl)c(Cl)c1)c1nnc(C2CC2)s1. The van der Waals surface area contributed by atoms with Crippen molar-refractivity contribution in [2.45, 2.75) is 18.8 Å². The molecule has 1 aliphatic rings. The van der Waals surface area contributed by atoms with Gasteiger partial charge in [-0.05, 0) is 31.0 Å². The van der Waals surface area contributed by atoms with Crippen LogP contribution >= 0.6 is 34.5 Å². The van der Waals surface area contributed by atoms with Crippen molar-refractivity contribution in [3.8, 4) is 0 Å². The lowest BCUT2D eigenvalue weighted by atomic mass is 10.3. The van der Waals surface area contributed by atoms with E-state index in [4.69, 9.17) is 23.2 Å². The van der Waals surface area contributed by atoms with Gasteiger partial charge in [-0.1, -0.05) is 34.5 Å². The minimum absolute atomic E-state index is 0.149. The second-order valence-corrected chi connectivity index (χ2v) is 7.03.